The fraction of sp³-hybridized carbons (Fsp3) is 0.429. The van der Waals surface area contributed by atoms with Crippen LogP contribution in [0.5, 0.6) is 0 Å². The maximum atomic E-state index is 12.8. The first-order chi connectivity index (χ1) is 9.38. The van der Waals surface area contributed by atoms with Crippen LogP contribution in [-0.2, 0) is 11.3 Å². The van der Waals surface area contributed by atoms with E-state index in [1.54, 1.807) is 12.1 Å². The lowest BCUT2D eigenvalue weighted by Gasteiger charge is -2.19. The molecule has 0 unspecified atom stereocenters. The number of nitrogens with two attached hydrogens (primary N) is 1. The normalized spacial score (nSPS) is 12.0. The van der Waals surface area contributed by atoms with Gasteiger partial charge in [0.05, 0.1) is 0 Å². The van der Waals surface area contributed by atoms with Gasteiger partial charge < -0.3 is 16.4 Å². The van der Waals surface area contributed by atoms with E-state index in [2.05, 4.69) is 10.6 Å². The summed E-state index contributed by atoms with van der Waals surface area (Å²) in [6.45, 7) is 4.17. The van der Waals surface area contributed by atoms with Crippen molar-refractivity contribution in [3.05, 3.63) is 35.6 Å². The molecule has 0 heterocycles. The van der Waals surface area contributed by atoms with E-state index in [0.29, 0.717) is 6.42 Å². The number of hydrogen-bond donors (Lipinski definition) is 3. The first-order valence-corrected chi connectivity index (χ1v) is 6.46. The predicted molar refractivity (Wildman–Crippen MR) is 74.2 cm³/mol. The average Bonchev–Trinajstić information content (AvgIpc) is 2.36. The molecular formula is C14H20FN3O2. The van der Waals surface area contributed by atoms with Gasteiger partial charge in [0.25, 0.3) is 0 Å². The molecule has 6 heteroatoms. The molecular weight excluding hydrogens is 261 g/mol. The first-order valence-electron chi connectivity index (χ1n) is 6.46. The van der Waals surface area contributed by atoms with Crippen LogP contribution >= 0.6 is 0 Å². The monoisotopic (exact) mass is 281 g/mol. The molecule has 0 spiro atoms. The van der Waals surface area contributed by atoms with Crippen LogP contribution in [0.4, 0.5) is 9.18 Å². The van der Waals surface area contributed by atoms with Crippen molar-refractivity contribution in [2.24, 2.45) is 11.7 Å². The Labute approximate surface area is 117 Å². The summed E-state index contributed by atoms with van der Waals surface area (Å²) in [5, 5.41) is 5.12. The molecule has 0 aliphatic carbocycles. The number of carbonyl (C=O) groups excluding carboxylic acids is 2. The number of nitrogens with one attached hydrogen (secondary N) is 2. The molecule has 4 N–H and O–H groups in total. The van der Waals surface area contributed by atoms with Crippen LogP contribution in [0.2, 0.25) is 0 Å². The van der Waals surface area contributed by atoms with Crippen molar-refractivity contribution >= 4 is 11.9 Å². The molecule has 0 aliphatic rings. The van der Waals surface area contributed by atoms with E-state index < -0.39 is 12.1 Å². The quantitative estimate of drug-likeness (QED) is 0.738. The van der Waals surface area contributed by atoms with E-state index >= 15 is 0 Å². The van der Waals surface area contributed by atoms with Crippen LogP contribution in [0.1, 0.15) is 25.8 Å². The second-order valence-corrected chi connectivity index (χ2v) is 5.03. The smallest absolute Gasteiger partial charge is 0.312 e. The van der Waals surface area contributed by atoms with E-state index in [4.69, 9.17) is 5.73 Å². The lowest BCUT2D eigenvalue weighted by molar-refractivity contribution is -0.123. The Balaban J connectivity index is 2.56. The summed E-state index contributed by atoms with van der Waals surface area (Å²) in [5.74, 6) is -0.390. The highest BCUT2D eigenvalue weighted by molar-refractivity contribution is 5.86. The van der Waals surface area contributed by atoms with Crippen molar-refractivity contribution in [1.82, 2.24) is 10.6 Å². The van der Waals surface area contributed by atoms with Crippen LogP contribution in [0.15, 0.2) is 24.3 Å². The predicted octanol–water partition coefficient (Wildman–Crippen LogP) is 1.52. The zero-order valence-electron chi connectivity index (χ0n) is 11.7. The Hall–Kier alpha value is -2.11. The number of urea groups is 1. The molecule has 0 saturated carbocycles. The van der Waals surface area contributed by atoms with Gasteiger partial charge in [0.2, 0.25) is 5.91 Å². The van der Waals surface area contributed by atoms with Crippen molar-refractivity contribution in [1.29, 1.82) is 0 Å². The molecule has 0 radical (unpaired) electrons. The molecule has 0 bridgehead atoms. The van der Waals surface area contributed by atoms with E-state index in [0.717, 1.165) is 5.56 Å². The molecule has 0 aliphatic heterocycles. The highest BCUT2D eigenvalue weighted by Gasteiger charge is 2.20. The number of hydrogen-bond acceptors (Lipinski definition) is 2. The third-order valence-corrected chi connectivity index (χ3v) is 2.72. The fourth-order valence-electron chi connectivity index (χ4n) is 1.79. The van der Waals surface area contributed by atoms with E-state index in [-0.39, 0.29) is 24.2 Å². The van der Waals surface area contributed by atoms with Gasteiger partial charge in [0, 0.05) is 6.54 Å². The standard InChI is InChI=1S/C14H20FN3O2/c1-9(2)7-12(18-14(16)20)13(19)17-8-10-3-5-11(15)6-4-10/h3-6,9,12H,7-8H2,1-2H3,(H,17,19)(H3,16,18,20)/t12-/m1/s1. The van der Waals surface area contributed by atoms with Crippen molar-refractivity contribution in [3.8, 4) is 0 Å². The van der Waals surface area contributed by atoms with Crippen LogP contribution < -0.4 is 16.4 Å². The molecule has 0 fully saturated rings. The second kappa shape index (κ2) is 7.47. The third-order valence-electron chi connectivity index (χ3n) is 2.72. The van der Waals surface area contributed by atoms with Crippen LogP contribution in [0.25, 0.3) is 0 Å². The van der Waals surface area contributed by atoms with Gasteiger partial charge in [-0.15, -0.1) is 0 Å². The maximum Gasteiger partial charge on any atom is 0.312 e. The fourth-order valence-corrected chi connectivity index (χ4v) is 1.79. The number of amides is 3. The Bertz CT molecular complexity index is 460. The van der Waals surface area contributed by atoms with Gasteiger partial charge in [-0.05, 0) is 30.0 Å². The molecule has 5 nitrogen and oxygen atoms in total. The van der Waals surface area contributed by atoms with Crippen molar-refractivity contribution in [2.75, 3.05) is 0 Å². The summed E-state index contributed by atoms with van der Waals surface area (Å²) in [5.41, 5.74) is 5.84. The Morgan fingerprint density at radius 2 is 1.85 bits per heavy atom. The molecule has 3 amide bonds. The van der Waals surface area contributed by atoms with E-state index in [1.807, 2.05) is 13.8 Å². The summed E-state index contributed by atoms with van der Waals surface area (Å²) < 4.78 is 12.8. The molecule has 1 aromatic carbocycles. The molecule has 0 saturated heterocycles. The number of halogens is 1. The first kappa shape index (κ1) is 15.9. The minimum absolute atomic E-state index is 0.239. The molecule has 1 atom stereocenters. The largest absolute Gasteiger partial charge is 0.352 e. The van der Waals surface area contributed by atoms with Crippen LogP contribution in [-0.4, -0.2) is 18.0 Å². The van der Waals surface area contributed by atoms with Gasteiger partial charge in [0.1, 0.15) is 11.9 Å². The van der Waals surface area contributed by atoms with Crippen molar-refractivity contribution < 1.29 is 14.0 Å². The lowest BCUT2D eigenvalue weighted by Crippen LogP contribution is -2.49. The van der Waals surface area contributed by atoms with Gasteiger partial charge in [-0.3, -0.25) is 4.79 Å². The van der Waals surface area contributed by atoms with Gasteiger partial charge in [-0.1, -0.05) is 26.0 Å². The van der Waals surface area contributed by atoms with Gasteiger partial charge in [0.15, 0.2) is 0 Å². The summed E-state index contributed by atoms with van der Waals surface area (Å²) in [4.78, 5) is 22.9. The van der Waals surface area contributed by atoms with Crippen LogP contribution in [0, 0.1) is 11.7 Å². The third kappa shape index (κ3) is 5.69. The zero-order chi connectivity index (χ0) is 15.1. The van der Waals surface area contributed by atoms with Crippen molar-refractivity contribution in [3.63, 3.8) is 0 Å². The lowest BCUT2D eigenvalue weighted by atomic mass is 10.0. The number of benzene rings is 1. The number of carbonyl (C=O) groups is 2. The zero-order valence-corrected chi connectivity index (χ0v) is 11.7. The summed E-state index contributed by atoms with van der Waals surface area (Å²) in [7, 11) is 0. The van der Waals surface area contributed by atoms with Crippen molar-refractivity contribution in [2.45, 2.75) is 32.9 Å². The maximum absolute atomic E-state index is 12.8. The average molecular weight is 281 g/mol. The minimum atomic E-state index is -0.729. The Morgan fingerprint density at radius 1 is 1.25 bits per heavy atom. The minimum Gasteiger partial charge on any atom is -0.352 e. The van der Waals surface area contributed by atoms with Gasteiger partial charge in [-0.25, -0.2) is 9.18 Å². The second-order valence-electron chi connectivity index (χ2n) is 5.03. The Kier molecular flexibility index (Phi) is 5.96. The Morgan fingerprint density at radius 3 is 2.35 bits per heavy atom. The molecule has 1 rings (SSSR count). The van der Waals surface area contributed by atoms with E-state index in [9.17, 15) is 14.0 Å². The summed E-state index contributed by atoms with van der Waals surface area (Å²) >= 11 is 0. The molecule has 20 heavy (non-hydrogen) atoms. The molecule has 110 valence electrons. The van der Waals surface area contributed by atoms with Crippen LogP contribution in [0.3, 0.4) is 0 Å². The van der Waals surface area contributed by atoms with Gasteiger partial charge >= 0.3 is 6.03 Å². The molecule has 0 aromatic heterocycles. The molecule has 1 aromatic rings. The number of primary amides is 1. The SMILES string of the molecule is CC(C)C[C@@H](NC(N)=O)C(=O)NCc1ccc(F)cc1. The topological polar surface area (TPSA) is 84.2 Å². The van der Waals surface area contributed by atoms with E-state index in [1.165, 1.54) is 12.1 Å². The summed E-state index contributed by atoms with van der Waals surface area (Å²) in [6.07, 6.45) is 0.498. The highest BCUT2D eigenvalue weighted by Crippen LogP contribution is 2.06. The summed E-state index contributed by atoms with van der Waals surface area (Å²) in [6, 6.07) is 4.45. The number of rotatable bonds is 6. The highest BCUT2D eigenvalue weighted by atomic mass is 19.1. The van der Waals surface area contributed by atoms with Gasteiger partial charge in [-0.2, -0.15) is 0 Å².